The molecule has 0 amide bonds. The first kappa shape index (κ1) is 23.1. The molecule has 3 unspecified atom stereocenters. The molecule has 2 aliphatic heterocycles. The molecule has 2 heterocycles. The van der Waals surface area contributed by atoms with Crippen LogP contribution in [0.1, 0.15) is 44.4 Å². The monoisotopic (exact) mass is 433 g/mol. The SMILES string of the molecule is COc1cc2c(cc1OC[C@@H](O)C(F)(F)F)CCN1CC(OC(C)(C)C)C(O)CC21. The number of hydrogen-bond acceptors (Lipinski definition) is 6. The van der Waals surface area contributed by atoms with Gasteiger partial charge in [-0.3, -0.25) is 4.90 Å². The largest absolute Gasteiger partial charge is 0.493 e. The van der Waals surface area contributed by atoms with Crippen molar-refractivity contribution in [2.24, 2.45) is 0 Å². The Balaban J connectivity index is 1.79. The highest BCUT2D eigenvalue weighted by Gasteiger charge is 2.41. The molecule has 1 aromatic carbocycles. The second-order valence-electron chi connectivity index (χ2n) is 8.90. The van der Waals surface area contributed by atoms with E-state index in [1.165, 1.54) is 7.11 Å². The lowest BCUT2D eigenvalue weighted by molar-refractivity contribution is -0.210. The van der Waals surface area contributed by atoms with Gasteiger partial charge in [0.2, 0.25) is 0 Å². The van der Waals surface area contributed by atoms with Crippen LogP contribution >= 0.6 is 0 Å². The molecule has 0 radical (unpaired) electrons. The fraction of sp³-hybridized carbons (Fsp3) is 0.714. The van der Waals surface area contributed by atoms with Crippen LogP contribution in [-0.2, 0) is 11.2 Å². The number of halogens is 3. The molecule has 1 saturated heterocycles. The van der Waals surface area contributed by atoms with Crippen molar-refractivity contribution >= 4 is 0 Å². The molecule has 0 spiro atoms. The molecule has 2 N–H and O–H groups in total. The van der Waals surface area contributed by atoms with Gasteiger partial charge in [0.05, 0.1) is 24.9 Å². The summed E-state index contributed by atoms with van der Waals surface area (Å²) in [6, 6.07) is 3.41. The minimum absolute atomic E-state index is 0.0349. The van der Waals surface area contributed by atoms with Crippen molar-refractivity contribution in [3.05, 3.63) is 23.3 Å². The number of nitrogens with zero attached hydrogens (tertiary/aromatic N) is 1. The van der Waals surface area contributed by atoms with Gasteiger partial charge >= 0.3 is 6.18 Å². The zero-order valence-corrected chi connectivity index (χ0v) is 17.7. The molecule has 4 atom stereocenters. The number of rotatable bonds is 5. The Morgan fingerprint density at radius 2 is 1.90 bits per heavy atom. The summed E-state index contributed by atoms with van der Waals surface area (Å²) in [6.07, 6.45) is -7.04. The van der Waals surface area contributed by atoms with Crippen molar-refractivity contribution in [2.45, 2.75) is 69.7 Å². The maximum Gasteiger partial charge on any atom is 0.417 e. The van der Waals surface area contributed by atoms with Crippen LogP contribution in [0.3, 0.4) is 0 Å². The maximum absolute atomic E-state index is 12.6. The third-order valence-electron chi connectivity index (χ3n) is 5.48. The van der Waals surface area contributed by atoms with Gasteiger partial charge in [-0.05, 0) is 56.9 Å². The van der Waals surface area contributed by atoms with Gasteiger partial charge in [-0.15, -0.1) is 0 Å². The molecule has 1 fully saturated rings. The fourth-order valence-electron chi connectivity index (χ4n) is 4.09. The number of hydrogen-bond donors (Lipinski definition) is 2. The highest BCUT2D eigenvalue weighted by Crippen LogP contribution is 2.42. The molecule has 0 bridgehead atoms. The molecule has 3 rings (SSSR count). The Kier molecular flexibility index (Phi) is 6.57. The molecule has 0 aromatic heterocycles. The van der Waals surface area contributed by atoms with Gasteiger partial charge in [0.15, 0.2) is 17.6 Å². The molecular weight excluding hydrogens is 403 g/mol. The number of aliphatic hydroxyl groups is 2. The van der Waals surface area contributed by atoms with Crippen molar-refractivity contribution in [1.29, 1.82) is 0 Å². The molecule has 0 aliphatic carbocycles. The van der Waals surface area contributed by atoms with E-state index in [1.807, 2.05) is 20.8 Å². The summed E-state index contributed by atoms with van der Waals surface area (Å²) < 4.78 is 54.3. The summed E-state index contributed by atoms with van der Waals surface area (Å²) in [6.45, 7) is 6.31. The van der Waals surface area contributed by atoms with Crippen molar-refractivity contribution in [3.8, 4) is 11.5 Å². The van der Waals surface area contributed by atoms with E-state index in [-0.39, 0.29) is 23.5 Å². The molecule has 30 heavy (non-hydrogen) atoms. The van der Waals surface area contributed by atoms with Gasteiger partial charge in [0.25, 0.3) is 0 Å². The van der Waals surface area contributed by atoms with Crippen molar-refractivity contribution in [1.82, 2.24) is 4.90 Å². The molecule has 6 nitrogen and oxygen atoms in total. The van der Waals surface area contributed by atoms with E-state index in [4.69, 9.17) is 14.2 Å². The average molecular weight is 433 g/mol. The lowest BCUT2D eigenvalue weighted by Gasteiger charge is -2.46. The number of ether oxygens (including phenoxy) is 3. The van der Waals surface area contributed by atoms with Crippen molar-refractivity contribution in [3.63, 3.8) is 0 Å². The number of methoxy groups -OCH3 is 1. The Labute approximate surface area is 174 Å². The first-order valence-electron chi connectivity index (χ1n) is 10.1. The number of piperidine rings is 1. The first-order valence-corrected chi connectivity index (χ1v) is 10.1. The van der Waals surface area contributed by atoms with Crippen LogP contribution in [0.2, 0.25) is 0 Å². The minimum Gasteiger partial charge on any atom is -0.493 e. The van der Waals surface area contributed by atoms with Gasteiger partial charge in [-0.25, -0.2) is 0 Å². The number of benzene rings is 1. The van der Waals surface area contributed by atoms with Crippen molar-refractivity contribution in [2.75, 3.05) is 26.8 Å². The van der Waals surface area contributed by atoms with E-state index in [0.29, 0.717) is 25.1 Å². The number of fused-ring (bicyclic) bond motifs is 3. The molecular formula is C21H30F3NO5. The van der Waals surface area contributed by atoms with Gasteiger partial charge in [0, 0.05) is 19.1 Å². The molecule has 1 aromatic rings. The lowest BCUT2D eigenvalue weighted by Crippen LogP contribution is -2.53. The Morgan fingerprint density at radius 3 is 2.50 bits per heavy atom. The quantitative estimate of drug-likeness (QED) is 0.744. The first-order chi connectivity index (χ1) is 13.9. The zero-order chi connectivity index (χ0) is 22.3. The minimum atomic E-state index is -4.74. The summed E-state index contributed by atoms with van der Waals surface area (Å²) in [5.41, 5.74) is 1.55. The fourth-order valence-corrected chi connectivity index (χ4v) is 4.09. The molecule has 9 heteroatoms. The van der Waals surface area contributed by atoms with Gasteiger partial charge in [0.1, 0.15) is 6.61 Å². The predicted octanol–water partition coefficient (Wildman–Crippen LogP) is 2.84. The summed E-state index contributed by atoms with van der Waals surface area (Å²) in [7, 11) is 1.41. The second kappa shape index (κ2) is 8.53. The normalized spacial score (nSPS) is 26.0. The van der Waals surface area contributed by atoms with Crippen molar-refractivity contribution < 1.29 is 37.6 Å². The number of aliphatic hydroxyl groups excluding tert-OH is 2. The molecule has 170 valence electrons. The van der Waals surface area contributed by atoms with E-state index in [9.17, 15) is 23.4 Å². The number of alkyl halides is 3. The van der Waals surface area contributed by atoms with Crippen LogP contribution in [-0.4, -0.2) is 72.0 Å². The molecule has 0 saturated carbocycles. The van der Waals surface area contributed by atoms with Crippen LogP contribution < -0.4 is 9.47 Å². The van der Waals surface area contributed by atoms with Crippen LogP contribution in [0.15, 0.2) is 12.1 Å². The van der Waals surface area contributed by atoms with E-state index < -0.39 is 25.0 Å². The van der Waals surface area contributed by atoms with Crippen LogP contribution in [0.25, 0.3) is 0 Å². The van der Waals surface area contributed by atoms with Gasteiger partial charge in [-0.1, -0.05) is 0 Å². The topological polar surface area (TPSA) is 71.4 Å². The summed E-state index contributed by atoms with van der Waals surface area (Å²) >= 11 is 0. The summed E-state index contributed by atoms with van der Waals surface area (Å²) in [5.74, 6) is 0.464. The predicted molar refractivity (Wildman–Crippen MR) is 104 cm³/mol. The third-order valence-corrected chi connectivity index (χ3v) is 5.48. The smallest absolute Gasteiger partial charge is 0.417 e. The average Bonchev–Trinajstić information content (AvgIpc) is 2.64. The lowest BCUT2D eigenvalue weighted by atomic mass is 9.84. The standard InChI is InChI=1S/C21H30F3NO5/c1-20(2,3)30-18-10-25-6-5-12-7-17(29-11-19(27)21(22,23)24)16(28-4)8-13(12)14(25)9-15(18)26/h7-8,14-15,18-19,26-27H,5-6,9-11H2,1-4H3/t14?,15?,18?,19-/m1/s1. The van der Waals surface area contributed by atoms with E-state index in [1.54, 1.807) is 12.1 Å². The Morgan fingerprint density at radius 1 is 1.20 bits per heavy atom. The highest BCUT2D eigenvalue weighted by molar-refractivity contribution is 5.49. The Hall–Kier alpha value is -1.55. The zero-order valence-electron chi connectivity index (χ0n) is 17.7. The van der Waals surface area contributed by atoms with Crippen LogP contribution in [0.5, 0.6) is 11.5 Å². The summed E-state index contributed by atoms with van der Waals surface area (Å²) in [5, 5.41) is 19.9. The molecule has 2 aliphatic rings. The Bertz CT molecular complexity index is 749. The van der Waals surface area contributed by atoms with E-state index >= 15 is 0 Å². The van der Waals surface area contributed by atoms with Gasteiger partial charge < -0.3 is 24.4 Å². The van der Waals surface area contributed by atoms with Crippen LogP contribution in [0.4, 0.5) is 13.2 Å². The maximum atomic E-state index is 12.6. The van der Waals surface area contributed by atoms with Crippen LogP contribution in [0, 0.1) is 0 Å². The van der Waals surface area contributed by atoms with E-state index in [0.717, 1.165) is 17.7 Å². The second-order valence-corrected chi connectivity index (χ2v) is 8.90. The third kappa shape index (κ3) is 5.19. The highest BCUT2D eigenvalue weighted by atomic mass is 19.4. The van der Waals surface area contributed by atoms with Gasteiger partial charge in [-0.2, -0.15) is 13.2 Å². The summed E-state index contributed by atoms with van der Waals surface area (Å²) in [4.78, 5) is 2.26. The van der Waals surface area contributed by atoms with E-state index in [2.05, 4.69) is 4.90 Å².